The van der Waals surface area contributed by atoms with E-state index in [1.165, 1.54) is 11.3 Å². The maximum atomic E-state index is 12.6. The van der Waals surface area contributed by atoms with Gasteiger partial charge in [0.1, 0.15) is 4.21 Å². The van der Waals surface area contributed by atoms with Crippen LogP contribution in [-0.2, 0) is 16.6 Å². The molecular weight excluding hydrogens is 292 g/mol. The highest BCUT2D eigenvalue weighted by atomic mass is 32.2. The zero-order valence-corrected chi connectivity index (χ0v) is 13.7. The first kappa shape index (κ1) is 15.7. The second kappa shape index (κ2) is 6.85. The van der Waals surface area contributed by atoms with E-state index in [9.17, 15) is 8.42 Å². The molecule has 0 fully saturated rings. The van der Waals surface area contributed by atoms with Gasteiger partial charge in [0.05, 0.1) is 0 Å². The molecule has 0 unspecified atom stereocenters. The SMILES string of the molecule is CCCNCc1ccc(S(=O)(=O)N2CCC=C(C)C2)s1. The van der Waals surface area contributed by atoms with Crippen molar-refractivity contribution in [1.82, 2.24) is 9.62 Å². The summed E-state index contributed by atoms with van der Waals surface area (Å²) in [6, 6.07) is 3.64. The van der Waals surface area contributed by atoms with E-state index in [1.54, 1.807) is 10.4 Å². The van der Waals surface area contributed by atoms with Crippen molar-refractivity contribution < 1.29 is 8.42 Å². The Labute approximate surface area is 125 Å². The average Bonchev–Trinajstić information content (AvgIpc) is 2.88. The van der Waals surface area contributed by atoms with Gasteiger partial charge in [0, 0.05) is 24.5 Å². The molecule has 0 saturated heterocycles. The molecule has 0 amide bonds. The van der Waals surface area contributed by atoms with Gasteiger partial charge in [-0.3, -0.25) is 0 Å². The van der Waals surface area contributed by atoms with Gasteiger partial charge in [0.25, 0.3) is 10.0 Å². The predicted octanol–water partition coefficient (Wildman–Crippen LogP) is 2.59. The molecule has 2 rings (SSSR count). The van der Waals surface area contributed by atoms with Crippen molar-refractivity contribution in [2.24, 2.45) is 0 Å². The Balaban J connectivity index is 2.08. The standard InChI is InChI=1S/C14H22N2O2S2/c1-3-8-15-10-13-6-7-14(19-13)20(17,18)16-9-4-5-12(2)11-16/h5-7,15H,3-4,8-11H2,1-2H3. The van der Waals surface area contributed by atoms with Crippen molar-refractivity contribution in [3.05, 3.63) is 28.7 Å². The van der Waals surface area contributed by atoms with Gasteiger partial charge in [0.15, 0.2) is 0 Å². The highest BCUT2D eigenvalue weighted by molar-refractivity contribution is 7.91. The Morgan fingerprint density at radius 2 is 2.20 bits per heavy atom. The van der Waals surface area contributed by atoms with E-state index in [0.29, 0.717) is 17.3 Å². The van der Waals surface area contributed by atoms with Gasteiger partial charge in [-0.1, -0.05) is 18.6 Å². The first-order valence-electron chi connectivity index (χ1n) is 6.99. The molecule has 0 saturated carbocycles. The van der Waals surface area contributed by atoms with E-state index in [4.69, 9.17) is 0 Å². The first-order valence-corrected chi connectivity index (χ1v) is 9.25. The van der Waals surface area contributed by atoms with E-state index in [0.717, 1.165) is 36.4 Å². The minimum atomic E-state index is -3.32. The summed E-state index contributed by atoms with van der Waals surface area (Å²) in [5, 5.41) is 3.30. The lowest BCUT2D eigenvalue weighted by atomic mass is 10.2. The topological polar surface area (TPSA) is 49.4 Å². The van der Waals surface area contributed by atoms with Crippen LogP contribution in [0, 0.1) is 0 Å². The predicted molar refractivity (Wildman–Crippen MR) is 83.4 cm³/mol. The summed E-state index contributed by atoms with van der Waals surface area (Å²) in [6.45, 7) is 6.90. The van der Waals surface area contributed by atoms with Crippen LogP contribution in [0.1, 0.15) is 31.6 Å². The quantitative estimate of drug-likeness (QED) is 0.648. The van der Waals surface area contributed by atoms with Crippen LogP contribution in [0.15, 0.2) is 28.0 Å². The van der Waals surface area contributed by atoms with Gasteiger partial charge in [-0.05, 0) is 38.4 Å². The maximum Gasteiger partial charge on any atom is 0.252 e. The number of hydrogen-bond acceptors (Lipinski definition) is 4. The lowest BCUT2D eigenvalue weighted by Crippen LogP contribution is -2.34. The van der Waals surface area contributed by atoms with E-state index in [2.05, 4.69) is 18.3 Å². The molecule has 1 aromatic heterocycles. The number of sulfonamides is 1. The van der Waals surface area contributed by atoms with Crippen molar-refractivity contribution in [2.45, 2.75) is 37.4 Å². The molecule has 0 spiro atoms. The Hall–Kier alpha value is -0.690. The first-order chi connectivity index (χ1) is 9.54. The summed E-state index contributed by atoms with van der Waals surface area (Å²) in [6.07, 6.45) is 4.00. The monoisotopic (exact) mass is 314 g/mol. The summed E-state index contributed by atoms with van der Waals surface area (Å²) < 4.78 is 27.2. The van der Waals surface area contributed by atoms with Gasteiger partial charge in [0.2, 0.25) is 0 Å². The molecule has 6 heteroatoms. The molecule has 1 aliphatic rings. The molecule has 1 N–H and O–H groups in total. The lowest BCUT2D eigenvalue weighted by Gasteiger charge is -2.24. The number of thiophene rings is 1. The Bertz CT molecular complexity index is 576. The molecule has 4 nitrogen and oxygen atoms in total. The van der Waals surface area contributed by atoms with Crippen LogP contribution in [0.4, 0.5) is 0 Å². The molecule has 2 heterocycles. The molecule has 112 valence electrons. The molecule has 20 heavy (non-hydrogen) atoms. The molecule has 0 aliphatic carbocycles. The van der Waals surface area contributed by atoms with E-state index < -0.39 is 10.0 Å². The normalized spacial score (nSPS) is 17.2. The third-order valence-corrected chi connectivity index (χ3v) is 6.65. The highest BCUT2D eigenvalue weighted by Gasteiger charge is 2.27. The van der Waals surface area contributed by atoms with Crippen LogP contribution < -0.4 is 5.32 Å². The van der Waals surface area contributed by atoms with Crippen LogP contribution in [0.3, 0.4) is 0 Å². The van der Waals surface area contributed by atoms with Crippen LogP contribution >= 0.6 is 11.3 Å². The summed E-state index contributed by atoms with van der Waals surface area (Å²) in [5.41, 5.74) is 1.13. The summed E-state index contributed by atoms with van der Waals surface area (Å²) in [5.74, 6) is 0. The lowest BCUT2D eigenvalue weighted by molar-refractivity contribution is 0.429. The minimum Gasteiger partial charge on any atom is -0.312 e. The molecule has 0 atom stereocenters. The molecule has 0 aromatic carbocycles. The zero-order valence-electron chi connectivity index (χ0n) is 12.1. The molecule has 1 aliphatic heterocycles. The largest absolute Gasteiger partial charge is 0.312 e. The fraction of sp³-hybridized carbons (Fsp3) is 0.571. The number of nitrogens with one attached hydrogen (secondary N) is 1. The number of nitrogens with zero attached hydrogens (tertiary/aromatic N) is 1. The van der Waals surface area contributed by atoms with Crippen LogP contribution in [0.25, 0.3) is 0 Å². The third kappa shape index (κ3) is 3.69. The van der Waals surface area contributed by atoms with Crippen molar-refractivity contribution in [3.63, 3.8) is 0 Å². The van der Waals surface area contributed by atoms with Crippen molar-refractivity contribution in [3.8, 4) is 0 Å². The van der Waals surface area contributed by atoms with Crippen molar-refractivity contribution in [2.75, 3.05) is 19.6 Å². The minimum absolute atomic E-state index is 0.459. The van der Waals surface area contributed by atoms with E-state index in [1.807, 2.05) is 13.0 Å². The second-order valence-corrected chi connectivity index (χ2v) is 8.41. The van der Waals surface area contributed by atoms with Gasteiger partial charge in [-0.2, -0.15) is 4.31 Å². The molecule has 0 bridgehead atoms. The summed E-state index contributed by atoms with van der Waals surface area (Å²) >= 11 is 1.37. The second-order valence-electron chi connectivity index (χ2n) is 5.08. The average molecular weight is 314 g/mol. The summed E-state index contributed by atoms with van der Waals surface area (Å²) in [4.78, 5) is 1.07. The van der Waals surface area contributed by atoms with Crippen LogP contribution in [0.5, 0.6) is 0 Å². The maximum absolute atomic E-state index is 12.6. The van der Waals surface area contributed by atoms with Gasteiger partial charge >= 0.3 is 0 Å². The smallest absolute Gasteiger partial charge is 0.252 e. The molecule has 0 radical (unpaired) electrons. The number of rotatable bonds is 6. The fourth-order valence-corrected chi connectivity index (χ4v) is 5.17. The van der Waals surface area contributed by atoms with Crippen molar-refractivity contribution in [1.29, 1.82) is 0 Å². The van der Waals surface area contributed by atoms with Crippen molar-refractivity contribution >= 4 is 21.4 Å². The number of hydrogen-bond donors (Lipinski definition) is 1. The van der Waals surface area contributed by atoms with E-state index >= 15 is 0 Å². The van der Waals surface area contributed by atoms with E-state index in [-0.39, 0.29) is 0 Å². The Kier molecular flexibility index (Phi) is 5.37. The third-order valence-electron chi connectivity index (χ3n) is 3.25. The van der Waals surface area contributed by atoms with Crippen LogP contribution in [-0.4, -0.2) is 32.4 Å². The zero-order chi connectivity index (χ0) is 14.6. The summed E-state index contributed by atoms with van der Waals surface area (Å²) in [7, 11) is -3.32. The van der Waals surface area contributed by atoms with Gasteiger partial charge in [-0.15, -0.1) is 11.3 Å². The highest BCUT2D eigenvalue weighted by Crippen LogP contribution is 2.26. The van der Waals surface area contributed by atoms with Gasteiger partial charge in [-0.25, -0.2) is 8.42 Å². The molecule has 1 aromatic rings. The molecular formula is C14H22N2O2S2. The fourth-order valence-electron chi connectivity index (χ4n) is 2.19. The Morgan fingerprint density at radius 3 is 2.90 bits per heavy atom. The Morgan fingerprint density at radius 1 is 1.40 bits per heavy atom. The van der Waals surface area contributed by atoms with Gasteiger partial charge < -0.3 is 5.32 Å². The van der Waals surface area contributed by atoms with Crippen LogP contribution in [0.2, 0.25) is 0 Å².